The highest BCUT2D eigenvalue weighted by molar-refractivity contribution is 5.94. The third kappa shape index (κ3) is 2.82. The Bertz CT molecular complexity index is 386. The van der Waals surface area contributed by atoms with Crippen LogP contribution in [0.1, 0.15) is 12.5 Å². The van der Waals surface area contributed by atoms with Crippen molar-refractivity contribution in [1.82, 2.24) is 9.78 Å². The summed E-state index contributed by atoms with van der Waals surface area (Å²) in [5.41, 5.74) is 0.708. The van der Waals surface area contributed by atoms with Gasteiger partial charge >= 0.3 is 11.9 Å². The number of hydrogen-bond donors (Lipinski definition) is 1. The Balaban J connectivity index is 2.75. The van der Waals surface area contributed by atoms with Gasteiger partial charge in [0, 0.05) is 12.7 Å². The predicted molar refractivity (Wildman–Crippen MR) is 54.7 cm³/mol. The van der Waals surface area contributed by atoms with Crippen molar-refractivity contribution < 1.29 is 19.4 Å². The smallest absolute Gasteiger partial charge is 0.320 e. The molecule has 1 aromatic rings. The molecular weight excluding hydrogens is 212 g/mol. The fourth-order valence-corrected chi connectivity index (χ4v) is 1.33. The third-order valence-electron chi connectivity index (χ3n) is 2.23. The Labute approximate surface area is 92.8 Å². The van der Waals surface area contributed by atoms with Gasteiger partial charge in [-0.2, -0.15) is 5.10 Å². The van der Waals surface area contributed by atoms with E-state index in [0.29, 0.717) is 12.1 Å². The number of ether oxygens (including phenoxy) is 1. The lowest BCUT2D eigenvalue weighted by molar-refractivity contribution is -0.156. The zero-order chi connectivity index (χ0) is 12.1. The largest absolute Gasteiger partial charge is 0.481 e. The predicted octanol–water partition coefficient (Wildman–Crippen LogP) is 0.319. The molecule has 16 heavy (non-hydrogen) atoms. The number of carbonyl (C=O) groups is 2. The van der Waals surface area contributed by atoms with Gasteiger partial charge in [-0.25, -0.2) is 0 Å². The van der Waals surface area contributed by atoms with Gasteiger partial charge in [-0.3, -0.25) is 14.3 Å². The molecule has 1 aromatic heterocycles. The number of aliphatic carboxylic acids is 1. The van der Waals surface area contributed by atoms with Crippen molar-refractivity contribution in [3.63, 3.8) is 0 Å². The maximum atomic E-state index is 11.2. The van der Waals surface area contributed by atoms with E-state index in [1.165, 1.54) is 7.11 Å². The first kappa shape index (κ1) is 12.2. The highest BCUT2D eigenvalue weighted by atomic mass is 16.5. The summed E-state index contributed by atoms with van der Waals surface area (Å²) in [6.45, 7) is 2.63. The standard InChI is InChI=1S/C10H14N2O4/c1-3-12-6-7(5-11-12)4-8(9(13)14)10(15)16-2/h5-6,8H,3-4H2,1-2H3,(H,13,14). The van der Waals surface area contributed by atoms with Crippen molar-refractivity contribution in [2.24, 2.45) is 5.92 Å². The minimum absolute atomic E-state index is 0.0992. The van der Waals surface area contributed by atoms with Crippen molar-refractivity contribution in [2.45, 2.75) is 19.9 Å². The molecule has 1 heterocycles. The van der Waals surface area contributed by atoms with E-state index < -0.39 is 17.9 Å². The van der Waals surface area contributed by atoms with Crippen LogP contribution in [0.5, 0.6) is 0 Å². The van der Waals surface area contributed by atoms with Crippen molar-refractivity contribution in [1.29, 1.82) is 0 Å². The Hall–Kier alpha value is -1.85. The molecule has 0 aliphatic rings. The van der Waals surface area contributed by atoms with E-state index >= 15 is 0 Å². The first-order chi connectivity index (χ1) is 7.58. The van der Waals surface area contributed by atoms with E-state index in [2.05, 4.69) is 9.84 Å². The molecule has 1 rings (SSSR count). The van der Waals surface area contributed by atoms with Gasteiger partial charge in [-0.1, -0.05) is 0 Å². The van der Waals surface area contributed by atoms with Crippen LogP contribution in [0.25, 0.3) is 0 Å². The van der Waals surface area contributed by atoms with Crippen molar-refractivity contribution >= 4 is 11.9 Å². The van der Waals surface area contributed by atoms with Crippen LogP contribution in [0, 0.1) is 5.92 Å². The summed E-state index contributed by atoms with van der Waals surface area (Å²) in [6, 6.07) is 0. The fraction of sp³-hybridized carbons (Fsp3) is 0.500. The molecule has 0 saturated heterocycles. The van der Waals surface area contributed by atoms with Gasteiger partial charge in [0.15, 0.2) is 5.92 Å². The van der Waals surface area contributed by atoms with Crippen LogP contribution in [0.15, 0.2) is 12.4 Å². The highest BCUT2D eigenvalue weighted by Gasteiger charge is 2.27. The fourth-order valence-electron chi connectivity index (χ4n) is 1.33. The molecular formula is C10H14N2O4. The number of methoxy groups -OCH3 is 1. The number of aryl methyl sites for hydroxylation is 1. The molecule has 0 fully saturated rings. The van der Waals surface area contributed by atoms with E-state index in [1.807, 2.05) is 6.92 Å². The Kier molecular flexibility index (Phi) is 4.04. The number of aromatic nitrogens is 2. The Morgan fingerprint density at radius 3 is 2.75 bits per heavy atom. The lowest BCUT2D eigenvalue weighted by Crippen LogP contribution is -2.26. The first-order valence-electron chi connectivity index (χ1n) is 4.90. The van der Waals surface area contributed by atoms with Gasteiger partial charge in [0.1, 0.15) is 0 Å². The minimum atomic E-state index is -1.18. The highest BCUT2D eigenvalue weighted by Crippen LogP contribution is 2.10. The summed E-state index contributed by atoms with van der Waals surface area (Å²) in [6.07, 6.45) is 3.38. The molecule has 0 aromatic carbocycles. The number of carboxylic acid groups (broad SMARTS) is 1. The van der Waals surface area contributed by atoms with Gasteiger partial charge < -0.3 is 9.84 Å². The maximum Gasteiger partial charge on any atom is 0.320 e. The van der Waals surface area contributed by atoms with Crippen molar-refractivity contribution in [3.8, 4) is 0 Å². The summed E-state index contributed by atoms with van der Waals surface area (Å²) in [4.78, 5) is 22.1. The molecule has 0 aliphatic carbocycles. The van der Waals surface area contributed by atoms with Gasteiger partial charge in [-0.15, -0.1) is 0 Å². The average molecular weight is 226 g/mol. The summed E-state index contributed by atoms with van der Waals surface area (Å²) in [5.74, 6) is -3.09. The molecule has 0 aliphatic heterocycles. The van der Waals surface area contributed by atoms with Crippen molar-refractivity contribution in [3.05, 3.63) is 18.0 Å². The molecule has 6 heteroatoms. The monoisotopic (exact) mass is 226 g/mol. The van der Waals surface area contributed by atoms with Crippen LogP contribution in [-0.2, 0) is 27.3 Å². The minimum Gasteiger partial charge on any atom is -0.481 e. The summed E-state index contributed by atoms with van der Waals surface area (Å²) >= 11 is 0. The number of rotatable bonds is 5. The third-order valence-corrected chi connectivity index (χ3v) is 2.23. The molecule has 6 nitrogen and oxygen atoms in total. The second kappa shape index (κ2) is 5.29. The second-order valence-electron chi connectivity index (χ2n) is 3.32. The SMILES string of the molecule is CCn1cc(CC(C(=O)O)C(=O)OC)cn1. The van der Waals surface area contributed by atoms with Crippen LogP contribution in [0.3, 0.4) is 0 Å². The van der Waals surface area contributed by atoms with Crippen LogP contribution in [0.4, 0.5) is 0 Å². The van der Waals surface area contributed by atoms with E-state index in [-0.39, 0.29) is 6.42 Å². The Morgan fingerprint density at radius 2 is 2.31 bits per heavy atom. The number of esters is 1. The van der Waals surface area contributed by atoms with Gasteiger partial charge in [0.25, 0.3) is 0 Å². The van der Waals surface area contributed by atoms with Gasteiger partial charge in [0.05, 0.1) is 13.3 Å². The van der Waals surface area contributed by atoms with E-state index in [0.717, 1.165) is 0 Å². The number of carbonyl (C=O) groups excluding carboxylic acids is 1. The number of carboxylic acids is 1. The van der Waals surface area contributed by atoms with Crippen LogP contribution in [0.2, 0.25) is 0 Å². The zero-order valence-electron chi connectivity index (χ0n) is 9.21. The van der Waals surface area contributed by atoms with Crippen LogP contribution in [-0.4, -0.2) is 33.9 Å². The lowest BCUT2D eigenvalue weighted by Gasteiger charge is -2.07. The second-order valence-corrected chi connectivity index (χ2v) is 3.32. The topological polar surface area (TPSA) is 81.4 Å². The molecule has 0 saturated carbocycles. The van der Waals surface area contributed by atoms with Crippen LogP contribution >= 0.6 is 0 Å². The average Bonchev–Trinajstić information content (AvgIpc) is 2.72. The van der Waals surface area contributed by atoms with Crippen molar-refractivity contribution in [2.75, 3.05) is 7.11 Å². The zero-order valence-corrected chi connectivity index (χ0v) is 9.21. The first-order valence-corrected chi connectivity index (χ1v) is 4.90. The summed E-state index contributed by atoms with van der Waals surface area (Å²) in [5, 5.41) is 12.9. The molecule has 0 spiro atoms. The summed E-state index contributed by atoms with van der Waals surface area (Å²) < 4.78 is 6.10. The van der Waals surface area contributed by atoms with E-state index in [1.54, 1.807) is 17.1 Å². The quantitative estimate of drug-likeness (QED) is 0.577. The molecule has 0 bridgehead atoms. The maximum absolute atomic E-state index is 11.2. The number of hydrogen-bond acceptors (Lipinski definition) is 4. The molecule has 0 amide bonds. The Morgan fingerprint density at radius 1 is 1.62 bits per heavy atom. The molecule has 0 radical (unpaired) electrons. The normalized spacial score (nSPS) is 12.1. The number of nitrogens with zero attached hydrogens (tertiary/aromatic N) is 2. The van der Waals surface area contributed by atoms with Gasteiger partial charge in [0.2, 0.25) is 0 Å². The summed E-state index contributed by atoms with van der Waals surface area (Å²) in [7, 11) is 1.17. The molecule has 88 valence electrons. The van der Waals surface area contributed by atoms with E-state index in [4.69, 9.17) is 5.11 Å². The van der Waals surface area contributed by atoms with Crippen LogP contribution < -0.4 is 0 Å². The molecule has 1 N–H and O–H groups in total. The molecule has 1 unspecified atom stereocenters. The molecule has 1 atom stereocenters. The van der Waals surface area contributed by atoms with E-state index in [9.17, 15) is 9.59 Å². The lowest BCUT2D eigenvalue weighted by atomic mass is 10.0. The van der Waals surface area contributed by atoms with Gasteiger partial charge in [-0.05, 0) is 18.9 Å².